The van der Waals surface area contributed by atoms with E-state index in [1.165, 1.54) is 11.3 Å². The summed E-state index contributed by atoms with van der Waals surface area (Å²) in [6.07, 6.45) is 5.89. The second-order valence-electron chi connectivity index (χ2n) is 4.89. The Morgan fingerprint density at radius 3 is 2.37 bits per heavy atom. The van der Waals surface area contributed by atoms with Crippen LogP contribution in [0.15, 0.2) is 54.9 Å². The number of rotatable bonds is 5. The molecule has 0 aliphatic carbocycles. The summed E-state index contributed by atoms with van der Waals surface area (Å²) in [4.78, 5) is 6.39. The number of anilines is 1. The number of alkyl halides is 1. The van der Waals surface area contributed by atoms with E-state index in [-0.39, 0.29) is 3.55 Å². The first-order valence-corrected chi connectivity index (χ1v) is 7.54. The van der Waals surface area contributed by atoms with Gasteiger partial charge in [-0.15, -0.1) is 0 Å². The molecule has 1 unspecified atom stereocenters. The summed E-state index contributed by atoms with van der Waals surface area (Å²) in [6.45, 7) is 2.27. The van der Waals surface area contributed by atoms with E-state index in [0.717, 1.165) is 12.8 Å². The van der Waals surface area contributed by atoms with Crippen LogP contribution in [0, 0.1) is 0 Å². The minimum Gasteiger partial charge on any atom is -0.360 e. The summed E-state index contributed by atoms with van der Waals surface area (Å²) in [5.41, 5.74) is 2.61. The highest BCUT2D eigenvalue weighted by atomic mass is 127. The van der Waals surface area contributed by atoms with E-state index in [2.05, 4.69) is 88.9 Å². The number of hydrogen-bond acceptors (Lipinski definition) is 2. The molecule has 2 nitrogen and oxygen atoms in total. The van der Waals surface area contributed by atoms with Crippen LogP contribution >= 0.6 is 22.6 Å². The van der Waals surface area contributed by atoms with Crippen molar-refractivity contribution in [3.63, 3.8) is 0 Å². The second-order valence-corrected chi connectivity index (χ2v) is 7.22. The first-order chi connectivity index (χ1) is 9.09. The summed E-state index contributed by atoms with van der Waals surface area (Å²) in [7, 11) is 2.15. The van der Waals surface area contributed by atoms with Gasteiger partial charge in [-0.2, -0.15) is 0 Å². The van der Waals surface area contributed by atoms with Crippen molar-refractivity contribution in [3.05, 3.63) is 60.4 Å². The molecule has 1 heterocycles. The number of aryl methyl sites for hydroxylation is 1. The number of benzene rings is 1. The van der Waals surface area contributed by atoms with Crippen molar-refractivity contribution < 1.29 is 0 Å². The van der Waals surface area contributed by atoms with Crippen molar-refractivity contribution in [2.45, 2.75) is 23.3 Å². The number of nitrogens with zero attached hydrogens (tertiary/aromatic N) is 2. The van der Waals surface area contributed by atoms with Crippen LogP contribution in [0.4, 0.5) is 5.69 Å². The maximum Gasteiger partial charge on any atom is 0.0889 e. The Kier molecular flexibility index (Phi) is 4.80. The quantitative estimate of drug-likeness (QED) is 0.446. The molecule has 100 valence electrons. The van der Waals surface area contributed by atoms with Gasteiger partial charge in [0.25, 0.3) is 0 Å². The van der Waals surface area contributed by atoms with Gasteiger partial charge < -0.3 is 4.90 Å². The molecule has 0 N–H and O–H groups in total. The van der Waals surface area contributed by atoms with Gasteiger partial charge in [-0.1, -0.05) is 52.9 Å². The van der Waals surface area contributed by atoms with Crippen LogP contribution < -0.4 is 4.90 Å². The van der Waals surface area contributed by atoms with E-state index in [1.807, 2.05) is 12.4 Å². The third-order valence-corrected chi connectivity index (χ3v) is 4.73. The summed E-state index contributed by atoms with van der Waals surface area (Å²) in [5, 5.41) is 0. The van der Waals surface area contributed by atoms with Gasteiger partial charge in [-0.05, 0) is 37.5 Å². The van der Waals surface area contributed by atoms with E-state index < -0.39 is 0 Å². The van der Waals surface area contributed by atoms with Gasteiger partial charge in [0.15, 0.2) is 0 Å². The highest BCUT2D eigenvalue weighted by Gasteiger charge is 2.25. The van der Waals surface area contributed by atoms with Crippen LogP contribution in [0.25, 0.3) is 0 Å². The molecule has 0 amide bonds. The highest BCUT2D eigenvalue weighted by Crippen LogP contribution is 2.32. The van der Waals surface area contributed by atoms with Crippen LogP contribution in [0.1, 0.15) is 18.9 Å². The Hall–Kier alpha value is -1.10. The molecule has 0 bridgehead atoms. The van der Waals surface area contributed by atoms with Gasteiger partial charge in [0.05, 0.1) is 3.55 Å². The van der Waals surface area contributed by atoms with Crippen LogP contribution in [0.2, 0.25) is 0 Å². The summed E-state index contributed by atoms with van der Waals surface area (Å²) in [6, 6.07) is 14.8. The molecule has 0 aliphatic heterocycles. The average molecular weight is 366 g/mol. The first-order valence-electron chi connectivity index (χ1n) is 6.46. The minimum absolute atomic E-state index is 0.0922. The third kappa shape index (κ3) is 3.93. The molecule has 1 aromatic carbocycles. The van der Waals surface area contributed by atoms with Gasteiger partial charge in [0.2, 0.25) is 0 Å². The summed E-state index contributed by atoms with van der Waals surface area (Å²) < 4.78 is 0.0922. The molecule has 0 aliphatic rings. The van der Waals surface area contributed by atoms with Gasteiger partial charge in [-0.25, -0.2) is 0 Å². The van der Waals surface area contributed by atoms with Crippen molar-refractivity contribution in [1.82, 2.24) is 4.98 Å². The van der Waals surface area contributed by atoms with Gasteiger partial charge in [0.1, 0.15) is 0 Å². The number of aromatic nitrogens is 1. The van der Waals surface area contributed by atoms with Gasteiger partial charge >= 0.3 is 0 Å². The lowest BCUT2D eigenvalue weighted by Gasteiger charge is -2.35. The topological polar surface area (TPSA) is 16.1 Å². The van der Waals surface area contributed by atoms with Crippen molar-refractivity contribution in [3.8, 4) is 0 Å². The maximum absolute atomic E-state index is 4.07. The van der Waals surface area contributed by atoms with E-state index in [1.54, 1.807) is 0 Å². The lowest BCUT2D eigenvalue weighted by molar-refractivity contribution is 0.602. The molecule has 0 saturated carbocycles. The number of halogens is 1. The predicted octanol–water partition coefficient (Wildman–Crippen LogP) is 4.30. The zero-order valence-corrected chi connectivity index (χ0v) is 13.5. The van der Waals surface area contributed by atoms with E-state index in [4.69, 9.17) is 0 Å². The van der Waals surface area contributed by atoms with Crippen molar-refractivity contribution >= 4 is 28.3 Å². The number of hydrogen-bond donors (Lipinski definition) is 0. The molecule has 3 heteroatoms. The van der Waals surface area contributed by atoms with E-state index in [9.17, 15) is 0 Å². The van der Waals surface area contributed by atoms with E-state index >= 15 is 0 Å². The fourth-order valence-corrected chi connectivity index (χ4v) is 2.57. The molecule has 0 spiro atoms. The molecular weight excluding hydrogens is 347 g/mol. The lowest BCUT2D eigenvalue weighted by Crippen LogP contribution is -2.38. The Bertz CT molecular complexity index is 497. The van der Waals surface area contributed by atoms with Crippen molar-refractivity contribution in [1.29, 1.82) is 0 Å². The van der Waals surface area contributed by atoms with Crippen LogP contribution in [0.5, 0.6) is 0 Å². The molecular formula is C16H19IN2. The molecule has 1 atom stereocenters. The zero-order chi connectivity index (χ0) is 13.7. The molecule has 0 fully saturated rings. The maximum atomic E-state index is 4.07. The Balaban J connectivity index is 2.02. The molecule has 2 rings (SSSR count). The fourth-order valence-electron chi connectivity index (χ4n) is 2.02. The average Bonchev–Trinajstić information content (AvgIpc) is 2.46. The lowest BCUT2D eigenvalue weighted by atomic mass is 10.1. The summed E-state index contributed by atoms with van der Waals surface area (Å²) in [5.74, 6) is 0. The molecule has 2 aromatic rings. The van der Waals surface area contributed by atoms with Crippen molar-refractivity contribution in [2.75, 3.05) is 11.9 Å². The Morgan fingerprint density at radius 2 is 1.74 bits per heavy atom. The van der Waals surface area contributed by atoms with Gasteiger partial charge in [0, 0.05) is 25.1 Å². The SMILES string of the molecule is CN(c1ccncc1)C(C)(I)CCc1ccccc1. The fraction of sp³-hybridized carbons (Fsp3) is 0.312. The van der Waals surface area contributed by atoms with Crippen LogP contribution in [0.3, 0.4) is 0 Å². The normalized spacial score (nSPS) is 13.8. The first kappa shape index (κ1) is 14.3. The van der Waals surface area contributed by atoms with Crippen LogP contribution in [-0.2, 0) is 6.42 Å². The van der Waals surface area contributed by atoms with Gasteiger partial charge in [-0.3, -0.25) is 4.98 Å². The van der Waals surface area contributed by atoms with Crippen LogP contribution in [-0.4, -0.2) is 15.6 Å². The molecule has 19 heavy (non-hydrogen) atoms. The van der Waals surface area contributed by atoms with Crippen molar-refractivity contribution in [2.24, 2.45) is 0 Å². The minimum atomic E-state index is 0.0922. The zero-order valence-electron chi connectivity index (χ0n) is 11.4. The number of pyridine rings is 1. The largest absolute Gasteiger partial charge is 0.360 e. The third-order valence-electron chi connectivity index (χ3n) is 3.46. The Morgan fingerprint density at radius 1 is 1.11 bits per heavy atom. The highest BCUT2D eigenvalue weighted by molar-refractivity contribution is 14.1. The Labute approximate surface area is 129 Å². The molecule has 0 radical (unpaired) electrons. The predicted molar refractivity (Wildman–Crippen MR) is 89.8 cm³/mol. The monoisotopic (exact) mass is 366 g/mol. The molecule has 1 aromatic heterocycles. The smallest absolute Gasteiger partial charge is 0.0889 e. The second kappa shape index (κ2) is 6.37. The summed E-state index contributed by atoms with van der Waals surface area (Å²) >= 11 is 2.54. The standard InChI is InChI=1S/C16H19IN2/c1-16(17,11-8-14-6-4-3-5-7-14)19(2)15-9-12-18-13-10-15/h3-7,9-10,12-13H,8,11H2,1-2H3. The molecule has 0 saturated heterocycles. The van der Waals surface area contributed by atoms with E-state index in [0.29, 0.717) is 0 Å².